The number of ether oxygens (including phenoxy) is 1. The third-order valence-corrected chi connectivity index (χ3v) is 4.83. The number of fused-ring (bicyclic) bond motifs is 1. The third kappa shape index (κ3) is 3.20. The van der Waals surface area contributed by atoms with Crippen molar-refractivity contribution in [1.82, 2.24) is 5.16 Å². The predicted molar refractivity (Wildman–Crippen MR) is 105 cm³/mol. The van der Waals surface area contributed by atoms with Gasteiger partial charge in [-0.25, -0.2) is 4.85 Å². The quantitative estimate of drug-likeness (QED) is 0.643. The molecule has 1 heterocycles. The number of benzene rings is 2. The molecule has 136 valence electrons. The molecule has 0 saturated carbocycles. The average Bonchev–Trinajstić information content (AvgIpc) is 3.29. The second-order valence-corrected chi connectivity index (χ2v) is 7.06. The van der Waals surface area contributed by atoms with Crippen LogP contribution in [-0.4, -0.2) is 11.3 Å². The van der Waals surface area contributed by atoms with Gasteiger partial charge in [-0.15, -0.1) is 0 Å². The highest BCUT2D eigenvalue weighted by atomic mass is 16.5. The van der Waals surface area contributed by atoms with Gasteiger partial charge in [0.15, 0.2) is 5.76 Å². The van der Waals surface area contributed by atoms with E-state index in [1.54, 1.807) is 6.07 Å². The summed E-state index contributed by atoms with van der Waals surface area (Å²) in [6.07, 6.45) is 1.93. The fourth-order valence-corrected chi connectivity index (χ4v) is 3.58. The Balaban J connectivity index is 1.69. The Kier molecular flexibility index (Phi) is 4.43. The SMILES string of the molecule is [C-]#[N+]c1cc(-c2cc(-c3cccc4c3CC[C@H]4N)no2)ccc1OC(C)C. The second-order valence-electron chi connectivity index (χ2n) is 7.06. The topological polar surface area (TPSA) is 65.6 Å². The van der Waals surface area contributed by atoms with Gasteiger partial charge >= 0.3 is 0 Å². The first-order valence-corrected chi connectivity index (χ1v) is 9.10. The van der Waals surface area contributed by atoms with Gasteiger partial charge in [0.2, 0.25) is 5.69 Å². The van der Waals surface area contributed by atoms with Crippen LogP contribution in [0.5, 0.6) is 5.75 Å². The molecule has 5 nitrogen and oxygen atoms in total. The molecule has 3 aromatic rings. The van der Waals surface area contributed by atoms with Gasteiger partial charge in [0.1, 0.15) is 11.4 Å². The molecule has 0 radical (unpaired) electrons. The summed E-state index contributed by atoms with van der Waals surface area (Å²) in [7, 11) is 0. The van der Waals surface area contributed by atoms with E-state index in [1.165, 1.54) is 11.1 Å². The molecule has 1 aliphatic carbocycles. The van der Waals surface area contributed by atoms with Crippen molar-refractivity contribution in [2.75, 3.05) is 0 Å². The van der Waals surface area contributed by atoms with Gasteiger partial charge in [-0.2, -0.15) is 0 Å². The lowest BCUT2D eigenvalue weighted by molar-refractivity contribution is 0.244. The summed E-state index contributed by atoms with van der Waals surface area (Å²) in [6.45, 7) is 11.3. The smallest absolute Gasteiger partial charge is 0.228 e. The molecule has 4 rings (SSSR count). The van der Waals surface area contributed by atoms with Crippen LogP contribution in [0.1, 0.15) is 37.4 Å². The normalized spacial score (nSPS) is 15.6. The molecular formula is C22H21N3O2. The van der Waals surface area contributed by atoms with E-state index in [-0.39, 0.29) is 12.1 Å². The molecular weight excluding hydrogens is 338 g/mol. The first-order valence-electron chi connectivity index (χ1n) is 9.10. The Morgan fingerprint density at radius 3 is 2.89 bits per heavy atom. The first-order chi connectivity index (χ1) is 13.1. The first kappa shape index (κ1) is 17.3. The fraction of sp³-hybridized carbons (Fsp3) is 0.273. The average molecular weight is 359 g/mol. The van der Waals surface area contributed by atoms with E-state index < -0.39 is 0 Å². The molecule has 0 spiro atoms. The van der Waals surface area contributed by atoms with Crippen molar-refractivity contribution >= 4 is 5.69 Å². The van der Waals surface area contributed by atoms with Crippen molar-refractivity contribution in [3.63, 3.8) is 0 Å². The van der Waals surface area contributed by atoms with Crippen LogP contribution in [0.3, 0.4) is 0 Å². The van der Waals surface area contributed by atoms with Crippen LogP contribution in [0.2, 0.25) is 0 Å². The highest BCUT2D eigenvalue weighted by Gasteiger charge is 2.23. The predicted octanol–water partition coefficient (Wildman–Crippen LogP) is 5.29. The Morgan fingerprint density at radius 1 is 1.26 bits per heavy atom. The third-order valence-electron chi connectivity index (χ3n) is 4.83. The summed E-state index contributed by atoms with van der Waals surface area (Å²) >= 11 is 0. The van der Waals surface area contributed by atoms with E-state index in [0.717, 1.165) is 29.7 Å². The van der Waals surface area contributed by atoms with Crippen molar-refractivity contribution in [2.24, 2.45) is 5.73 Å². The maximum atomic E-state index is 7.42. The van der Waals surface area contributed by atoms with Crippen molar-refractivity contribution in [3.05, 3.63) is 65.0 Å². The monoisotopic (exact) mass is 359 g/mol. The molecule has 1 aliphatic rings. The van der Waals surface area contributed by atoms with Crippen LogP contribution in [0, 0.1) is 6.57 Å². The summed E-state index contributed by atoms with van der Waals surface area (Å²) in [5, 5.41) is 4.27. The molecule has 2 aromatic carbocycles. The Bertz CT molecular complexity index is 1030. The van der Waals surface area contributed by atoms with E-state index in [2.05, 4.69) is 22.1 Å². The summed E-state index contributed by atoms with van der Waals surface area (Å²) in [4.78, 5) is 3.58. The lowest BCUT2D eigenvalue weighted by Crippen LogP contribution is -2.05. The van der Waals surface area contributed by atoms with E-state index in [1.807, 2.05) is 38.1 Å². The fourth-order valence-electron chi connectivity index (χ4n) is 3.58. The summed E-state index contributed by atoms with van der Waals surface area (Å²) in [6, 6.07) is 13.7. The van der Waals surface area contributed by atoms with Gasteiger partial charge in [-0.05, 0) is 49.9 Å². The molecule has 2 N–H and O–H groups in total. The van der Waals surface area contributed by atoms with Gasteiger partial charge in [-0.3, -0.25) is 0 Å². The minimum absolute atomic E-state index is 0.0137. The molecule has 0 saturated heterocycles. The number of aromatic nitrogens is 1. The van der Waals surface area contributed by atoms with Gasteiger partial charge in [0, 0.05) is 23.2 Å². The summed E-state index contributed by atoms with van der Waals surface area (Å²) in [5.41, 5.74) is 11.8. The number of nitrogens with zero attached hydrogens (tertiary/aromatic N) is 2. The van der Waals surface area contributed by atoms with E-state index in [4.69, 9.17) is 21.6 Å². The molecule has 1 atom stereocenters. The van der Waals surface area contributed by atoms with Crippen molar-refractivity contribution < 1.29 is 9.26 Å². The van der Waals surface area contributed by atoms with E-state index in [9.17, 15) is 0 Å². The zero-order valence-electron chi connectivity index (χ0n) is 15.4. The van der Waals surface area contributed by atoms with Crippen LogP contribution in [-0.2, 0) is 6.42 Å². The Morgan fingerprint density at radius 2 is 2.11 bits per heavy atom. The minimum Gasteiger partial charge on any atom is -0.502 e. The molecule has 0 unspecified atom stereocenters. The zero-order valence-corrected chi connectivity index (χ0v) is 15.4. The number of hydrogen-bond acceptors (Lipinski definition) is 4. The zero-order chi connectivity index (χ0) is 19.0. The maximum Gasteiger partial charge on any atom is 0.228 e. The molecule has 0 amide bonds. The molecule has 0 bridgehead atoms. The van der Waals surface area contributed by atoms with Crippen LogP contribution in [0.15, 0.2) is 47.0 Å². The van der Waals surface area contributed by atoms with E-state index in [0.29, 0.717) is 17.2 Å². The van der Waals surface area contributed by atoms with Crippen LogP contribution in [0.4, 0.5) is 5.69 Å². The standard InChI is InChI=1S/C22H21N3O2/c1-13(2)26-21-10-7-14(11-20(21)24-3)22-12-19(25-27-22)17-6-4-5-16-15(17)8-9-18(16)23/h4-7,10-13,18H,8-9,23H2,1-2H3/t18-/m1/s1. The number of hydrogen-bond donors (Lipinski definition) is 1. The molecule has 0 fully saturated rings. The largest absolute Gasteiger partial charge is 0.502 e. The highest BCUT2D eigenvalue weighted by molar-refractivity contribution is 5.74. The van der Waals surface area contributed by atoms with Gasteiger partial charge in [-0.1, -0.05) is 29.4 Å². The van der Waals surface area contributed by atoms with Gasteiger partial charge in [0.25, 0.3) is 0 Å². The molecule has 27 heavy (non-hydrogen) atoms. The Labute approximate surface area is 158 Å². The van der Waals surface area contributed by atoms with Gasteiger partial charge < -0.3 is 15.0 Å². The van der Waals surface area contributed by atoms with Crippen molar-refractivity contribution in [3.8, 4) is 28.3 Å². The van der Waals surface area contributed by atoms with Crippen LogP contribution >= 0.6 is 0 Å². The van der Waals surface area contributed by atoms with Crippen LogP contribution < -0.4 is 10.5 Å². The second kappa shape index (κ2) is 6.90. The van der Waals surface area contributed by atoms with E-state index >= 15 is 0 Å². The Hall–Kier alpha value is -3.10. The van der Waals surface area contributed by atoms with Crippen molar-refractivity contribution in [2.45, 2.75) is 38.8 Å². The molecule has 0 aliphatic heterocycles. The molecule has 1 aromatic heterocycles. The number of nitrogens with two attached hydrogens (primary N) is 1. The highest BCUT2D eigenvalue weighted by Crippen LogP contribution is 2.38. The summed E-state index contributed by atoms with van der Waals surface area (Å²) < 4.78 is 11.3. The molecule has 5 heteroatoms. The lowest BCUT2D eigenvalue weighted by atomic mass is 9.99. The van der Waals surface area contributed by atoms with Crippen LogP contribution in [0.25, 0.3) is 27.4 Å². The number of rotatable bonds is 4. The lowest BCUT2D eigenvalue weighted by Gasteiger charge is -2.11. The van der Waals surface area contributed by atoms with Gasteiger partial charge in [0.05, 0.1) is 12.7 Å². The minimum atomic E-state index is 0.0137. The maximum absolute atomic E-state index is 7.42. The van der Waals surface area contributed by atoms with Crippen molar-refractivity contribution in [1.29, 1.82) is 0 Å². The summed E-state index contributed by atoms with van der Waals surface area (Å²) in [5.74, 6) is 1.21.